The van der Waals surface area contributed by atoms with Gasteiger partial charge in [-0.15, -0.1) is 11.3 Å². The molecule has 270 valence electrons. The number of benzene rings is 1. The summed E-state index contributed by atoms with van der Waals surface area (Å²) in [6.45, 7) is 10.9. The molecule has 0 spiro atoms. The molecule has 13 heteroatoms. The van der Waals surface area contributed by atoms with Crippen LogP contribution < -0.4 is 16.1 Å². The molecule has 0 unspecified atom stereocenters. The quantitative estimate of drug-likeness (QED) is 0.248. The standard InChI is InChI=1S/C38H47N7O5S/c1-6-44-31-12-11-23-15-26(31)27(34(44)25-9-7-13-40-33(25)22(2)49-5)17-38(3,4)21-50-37(48)28-10-8-14-45(43-28)36(47)29(16-32-41-30(23)20-51-32)42-35(46)24-18-39-19-24/h7,9,11-13,15,20,22,24,28-29,39,43H,6,8,10,14,16-19,21H2,1-5H3,(H,42,46)/t22-,28-,29-/m0/s1. The van der Waals surface area contributed by atoms with Crippen LogP contribution in [0.5, 0.6) is 0 Å². The van der Waals surface area contributed by atoms with Crippen LogP contribution in [-0.4, -0.2) is 82.8 Å². The number of nitrogens with zero attached hydrogens (tertiary/aromatic N) is 4. The van der Waals surface area contributed by atoms with E-state index in [1.54, 1.807) is 13.3 Å². The van der Waals surface area contributed by atoms with Crippen LogP contribution >= 0.6 is 11.3 Å². The van der Waals surface area contributed by atoms with E-state index in [2.05, 4.69) is 65.7 Å². The molecular formula is C38H47N7O5S. The Morgan fingerprint density at radius 1 is 1.24 bits per heavy atom. The van der Waals surface area contributed by atoms with Gasteiger partial charge in [-0.3, -0.25) is 24.4 Å². The first-order chi connectivity index (χ1) is 24.6. The van der Waals surface area contributed by atoms with Gasteiger partial charge in [0.2, 0.25) is 5.91 Å². The molecule has 3 aliphatic heterocycles. The zero-order valence-corrected chi connectivity index (χ0v) is 30.8. The second-order valence-corrected chi connectivity index (χ2v) is 15.6. The maximum absolute atomic E-state index is 14.0. The number of thiazole rings is 1. The van der Waals surface area contributed by atoms with Crippen molar-refractivity contribution in [1.29, 1.82) is 0 Å². The van der Waals surface area contributed by atoms with Crippen molar-refractivity contribution in [3.63, 3.8) is 0 Å². The maximum atomic E-state index is 14.0. The average Bonchev–Trinajstić information content (AvgIpc) is 3.70. The van der Waals surface area contributed by atoms with Crippen molar-refractivity contribution < 1.29 is 23.9 Å². The number of aromatic nitrogens is 3. The van der Waals surface area contributed by atoms with Crippen molar-refractivity contribution in [1.82, 2.24) is 35.6 Å². The Kier molecular flexibility index (Phi) is 9.99. The van der Waals surface area contributed by atoms with E-state index in [1.165, 1.54) is 16.3 Å². The predicted octanol–water partition coefficient (Wildman–Crippen LogP) is 4.42. The van der Waals surface area contributed by atoms with E-state index < -0.39 is 23.5 Å². The topological polar surface area (TPSA) is 140 Å². The van der Waals surface area contributed by atoms with Gasteiger partial charge in [-0.2, -0.15) is 0 Å². The fourth-order valence-electron chi connectivity index (χ4n) is 7.33. The molecule has 3 atom stereocenters. The molecule has 2 saturated heterocycles. The van der Waals surface area contributed by atoms with Gasteiger partial charge < -0.3 is 24.7 Å². The fraction of sp³-hybridized carbons (Fsp3) is 0.500. The molecule has 1 aromatic carbocycles. The summed E-state index contributed by atoms with van der Waals surface area (Å²) >= 11 is 1.48. The maximum Gasteiger partial charge on any atom is 0.324 e. The first-order valence-electron chi connectivity index (χ1n) is 17.9. The monoisotopic (exact) mass is 713 g/mol. The average molecular weight is 714 g/mol. The van der Waals surface area contributed by atoms with Crippen LogP contribution in [0.2, 0.25) is 0 Å². The minimum absolute atomic E-state index is 0.160. The second kappa shape index (κ2) is 14.5. The van der Waals surface area contributed by atoms with Gasteiger partial charge in [-0.05, 0) is 62.9 Å². The summed E-state index contributed by atoms with van der Waals surface area (Å²) in [6, 6.07) is 9.01. The van der Waals surface area contributed by atoms with Gasteiger partial charge in [-0.25, -0.2) is 10.4 Å². The van der Waals surface area contributed by atoms with E-state index in [0.29, 0.717) is 38.9 Å². The Morgan fingerprint density at radius 3 is 2.80 bits per heavy atom. The van der Waals surface area contributed by atoms with Crippen LogP contribution in [0.4, 0.5) is 0 Å². The van der Waals surface area contributed by atoms with Gasteiger partial charge in [-0.1, -0.05) is 19.9 Å². The lowest BCUT2D eigenvalue weighted by Gasteiger charge is -2.36. The lowest BCUT2D eigenvalue weighted by Crippen LogP contribution is -2.62. The summed E-state index contributed by atoms with van der Waals surface area (Å²) in [7, 11) is 1.70. The van der Waals surface area contributed by atoms with Crippen LogP contribution in [0.15, 0.2) is 41.9 Å². The number of hydrogen-bond acceptors (Lipinski definition) is 10. The van der Waals surface area contributed by atoms with Gasteiger partial charge in [0.05, 0.1) is 40.7 Å². The smallest absolute Gasteiger partial charge is 0.324 e. The molecule has 6 heterocycles. The molecule has 3 N–H and O–H groups in total. The van der Waals surface area contributed by atoms with Crippen LogP contribution in [0, 0.1) is 11.3 Å². The van der Waals surface area contributed by atoms with E-state index in [4.69, 9.17) is 19.4 Å². The zero-order chi connectivity index (χ0) is 35.9. The van der Waals surface area contributed by atoms with E-state index in [0.717, 1.165) is 56.2 Å². The molecule has 3 aromatic heterocycles. The van der Waals surface area contributed by atoms with Crippen molar-refractivity contribution in [3.8, 4) is 22.5 Å². The van der Waals surface area contributed by atoms with Gasteiger partial charge in [0, 0.05) is 78.7 Å². The van der Waals surface area contributed by atoms with E-state index in [9.17, 15) is 14.4 Å². The molecule has 2 fully saturated rings. The Balaban J connectivity index is 1.36. The molecule has 7 rings (SSSR count). The fourth-order valence-corrected chi connectivity index (χ4v) is 8.18. The van der Waals surface area contributed by atoms with Gasteiger partial charge in [0.25, 0.3) is 5.91 Å². The highest BCUT2D eigenvalue weighted by molar-refractivity contribution is 7.10. The number of rotatable bonds is 6. The third-order valence-corrected chi connectivity index (χ3v) is 11.2. The van der Waals surface area contributed by atoms with Crippen molar-refractivity contribution in [3.05, 3.63) is 58.2 Å². The summed E-state index contributed by atoms with van der Waals surface area (Å²) in [5.74, 6) is -1.02. The molecule has 0 aliphatic carbocycles. The minimum atomic E-state index is -0.837. The number of amides is 2. The van der Waals surface area contributed by atoms with Crippen molar-refractivity contribution in [2.75, 3.05) is 33.4 Å². The number of ether oxygens (including phenoxy) is 2. The lowest BCUT2D eigenvalue weighted by molar-refractivity contribution is -0.155. The molecule has 6 bridgehead atoms. The SMILES string of the molecule is CCn1c(-c2cccnc2[C@H](C)OC)c2c3cc(ccc31)-c1csc(n1)C[C@H](NC(=O)C1CNC1)C(=O)N1CCC[C@H](N1)C(=O)OCC(C)(C)C2. The van der Waals surface area contributed by atoms with E-state index in [-0.39, 0.29) is 36.9 Å². The Bertz CT molecular complexity index is 1950. The first-order valence-corrected chi connectivity index (χ1v) is 18.8. The third-order valence-electron chi connectivity index (χ3n) is 10.3. The predicted molar refractivity (Wildman–Crippen MR) is 196 cm³/mol. The van der Waals surface area contributed by atoms with Crippen molar-refractivity contribution >= 4 is 40.0 Å². The summed E-state index contributed by atoms with van der Waals surface area (Å²) in [6.07, 6.45) is 3.62. The van der Waals surface area contributed by atoms with Gasteiger partial charge in [0.1, 0.15) is 12.1 Å². The number of pyridine rings is 1. The lowest BCUT2D eigenvalue weighted by atomic mass is 9.84. The van der Waals surface area contributed by atoms with Crippen LogP contribution in [0.25, 0.3) is 33.4 Å². The van der Waals surface area contributed by atoms with E-state index in [1.807, 2.05) is 18.4 Å². The number of carbonyl (C=O) groups is 3. The molecule has 0 saturated carbocycles. The normalized spacial score (nSPS) is 21.9. The molecule has 3 aliphatic rings. The van der Waals surface area contributed by atoms with Gasteiger partial charge in [0.15, 0.2) is 0 Å². The van der Waals surface area contributed by atoms with Crippen LogP contribution in [-0.2, 0) is 43.2 Å². The molecule has 12 nitrogen and oxygen atoms in total. The van der Waals surface area contributed by atoms with Crippen LogP contribution in [0.3, 0.4) is 0 Å². The van der Waals surface area contributed by atoms with Crippen LogP contribution in [0.1, 0.15) is 62.9 Å². The third kappa shape index (κ3) is 7.04. The zero-order valence-electron chi connectivity index (χ0n) is 30.0. The summed E-state index contributed by atoms with van der Waals surface area (Å²) in [4.78, 5) is 50.5. The number of fused-ring (bicyclic) bond motifs is 6. The highest BCUT2D eigenvalue weighted by Gasteiger charge is 2.37. The number of aryl methyl sites for hydroxylation is 1. The minimum Gasteiger partial charge on any atom is -0.464 e. The Hall–Kier alpha value is -4.17. The number of carbonyl (C=O) groups excluding carboxylic acids is 3. The van der Waals surface area contributed by atoms with Crippen molar-refractivity contribution in [2.45, 2.75) is 78.1 Å². The first kappa shape index (κ1) is 35.2. The number of hydrogen-bond donors (Lipinski definition) is 3. The molecule has 4 aromatic rings. The Labute approximate surface area is 302 Å². The van der Waals surface area contributed by atoms with E-state index >= 15 is 0 Å². The summed E-state index contributed by atoms with van der Waals surface area (Å²) in [5, 5.41) is 11.5. The summed E-state index contributed by atoms with van der Waals surface area (Å²) in [5.41, 5.74) is 9.65. The number of methoxy groups -OCH3 is 1. The number of cyclic esters (lactones) is 1. The van der Waals surface area contributed by atoms with Crippen molar-refractivity contribution in [2.24, 2.45) is 11.3 Å². The highest BCUT2D eigenvalue weighted by Crippen LogP contribution is 2.42. The largest absolute Gasteiger partial charge is 0.464 e. The Morgan fingerprint density at radius 2 is 2.06 bits per heavy atom. The molecular weight excluding hydrogens is 667 g/mol. The number of nitrogens with one attached hydrogen (secondary N) is 3. The highest BCUT2D eigenvalue weighted by atomic mass is 32.1. The summed E-state index contributed by atoms with van der Waals surface area (Å²) < 4.78 is 14.1. The molecule has 0 radical (unpaired) electrons. The number of hydrazine groups is 1. The molecule has 2 amide bonds. The molecule has 51 heavy (non-hydrogen) atoms. The number of esters is 1. The van der Waals surface area contributed by atoms with Gasteiger partial charge >= 0.3 is 5.97 Å². The second-order valence-electron chi connectivity index (χ2n) is 14.6.